The SMILES string of the molecule is c1ccc(-c2nnc(Sc3ccc4ccccc4c3)o2)cc1. The second kappa shape index (κ2) is 5.66. The number of rotatable bonds is 3. The maximum absolute atomic E-state index is 5.73. The zero-order valence-corrected chi connectivity index (χ0v) is 12.5. The first-order chi connectivity index (χ1) is 10.9. The topological polar surface area (TPSA) is 38.9 Å². The molecule has 0 aliphatic heterocycles. The molecule has 3 nitrogen and oxygen atoms in total. The second-order valence-corrected chi connectivity index (χ2v) is 5.87. The Labute approximate surface area is 132 Å². The summed E-state index contributed by atoms with van der Waals surface area (Å²) in [6, 6.07) is 24.4. The molecule has 4 rings (SSSR count). The van der Waals surface area contributed by atoms with Gasteiger partial charge in [-0.3, -0.25) is 0 Å². The fourth-order valence-electron chi connectivity index (χ4n) is 2.28. The van der Waals surface area contributed by atoms with Crippen LogP contribution in [-0.2, 0) is 0 Å². The van der Waals surface area contributed by atoms with Gasteiger partial charge in [0.15, 0.2) is 0 Å². The molecule has 4 heteroatoms. The largest absolute Gasteiger partial charge is 0.411 e. The van der Waals surface area contributed by atoms with Gasteiger partial charge in [-0.25, -0.2) is 0 Å². The molecule has 4 aromatic rings. The van der Waals surface area contributed by atoms with Crippen molar-refractivity contribution in [2.24, 2.45) is 0 Å². The van der Waals surface area contributed by atoms with E-state index < -0.39 is 0 Å². The number of benzene rings is 3. The summed E-state index contributed by atoms with van der Waals surface area (Å²) in [4.78, 5) is 1.09. The molecular weight excluding hydrogens is 292 g/mol. The Morgan fingerprint density at radius 2 is 1.50 bits per heavy atom. The van der Waals surface area contributed by atoms with Crippen molar-refractivity contribution in [3.05, 3.63) is 72.8 Å². The molecule has 0 spiro atoms. The Balaban J connectivity index is 1.61. The van der Waals surface area contributed by atoms with Crippen molar-refractivity contribution in [1.82, 2.24) is 10.2 Å². The highest BCUT2D eigenvalue weighted by molar-refractivity contribution is 7.99. The summed E-state index contributed by atoms with van der Waals surface area (Å²) in [5, 5.41) is 11.2. The molecule has 0 fully saturated rings. The van der Waals surface area contributed by atoms with Crippen LogP contribution in [0.2, 0.25) is 0 Å². The normalized spacial score (nSPS) is 10.9. The Morgan fingerprint density at radius 3 is 2.36 bits per heavy atom. The first kappa shape index (κ1) is 13.1. The van der Waals surface area contributed by atoms with Gasteiger partial charge in [0.2, 0.25) is 5.89 Å². The minimum absolute atomic E-state index is 0.545. The number of hydrogen-bond acceptors (Lipinski definition) is 4. The molecule has 0 N–H and O–H groups in total. The van der Waals surface area contributed by atoms with Crippen LogP contribution in [0.3, 0.4) is 0 Å². The third-order valence-electron chi connectivity index (χ3n) is 3.35. The molecule has 0 saturated heterocycles. The van der Waals surface area contributed by atoms with Crippen LogP contribution in [0.15, 0.2) is 87.3 Å². The maximum Gasteiger partial charge on any atom is 0.281 e. The molecular formula is C18H12N2OS. The summed E-state index contributed by atoms with van der Waals surface area (Å²) >= 11 is 1.48. The van der Waals surface area contributed by atoms with Crippen LogP contribution in [-0.4, -0.2) is 10.2 Å². The van der Waals surface area contributed by atoms with E-state index in [0.29, 0.717) is 11.1 Å². The molecule has 1 heterocycles. The highest BCUT2D eigenvalue weighted by atomic mass is 32.2. The highest BCUT2D eigenvalue weighted by Gasteiger charge is 2.09. The van der Waals surface area contributed by atoms with Gasteiger partial charge in [0, 0.05) is 10.5 Å². The lowest BCUT2D eigenvalue weighted by molar-refractivity contribution is 0.466. The maximum atomic E-state index is 5.73. The summed E-state index contributed by atoms with van der Waals surface area (Å²) in [6.07, 6.45) is 0. The van der Waals surface area contributed by atoms with Gasteiger partial charge in [-0.1, -0.05) is 48.5 Å². The molecule has 0 unspecified atom stereocenters. The molecule has 0 aliphatic rings. The molecule has 0 amide bonds. The Kier molecular flexibility index (Phi) is 3.37. The van der Waals surface area contributed by atoms with E-state index in [9.17, 15) is 0 Å². The van der Waals surface area contributed by atoms with Crippen LogP contribution in [0.4, 0.5) is 0 Å². The summed E-state index contributed by atoms with van der Waals surface area (Å²) < 4.78 is 5.73. The standard InChI is InChI=1S/C18H12N2OS/c1-2-7-14(8-3-1)17-19-20-18(21-17)22-16-11-10-13-6-4-5-9-15(13)12-16/h1-12H. The van der Waals surface area contributed by atoms with E-state index in [-0.39, 0.29) is 0 Å². The minimum atomic E-state index is 0.545. The Hall–Kier alpha value is -2.59. The molecule has 0 atom stereocenters. The summed E-state index contributed by atoms with van der Waals surface area (Å²) in [6.45, 7) is 0. The highest BCUT2D eigenvalue weighted by Crippen LogP contribution is 2.31. The van der Waals surface area contributed by atoms with Crippen molar-refractivity contribution >= 4 is 22.5 Å². The van der Waals surface area contributed by atoms with Crippen molar-refractivity contribution in [2.75, 3.05) is 0 Å². The van der Waals surface area contributed by atoms with Crippen LogP contribution in [0.5, 0.6) is 0 Å². The Morgan fingerprint density at radius 1 is 0.727 bits per heavy atom. The van der Waals surface area contributed by atoms with Crippen LogP contribution in [0, 0.1) is 0 Å². The Bertz CT molecular complexity index is 918. The van der Waals surface area contributed by atoms with E-state index in [1.807, 2.05) is 42.5 Å². The van der Waals surface area contributed by atoms with Crippen LogP contribution in [0.1, 0.15) is 0 Å². The quantitative estimate of drug-likeness (QED) is 0.531. The number of aromatic nitrogens is 2. The zero-order chi connectivity index (χ0) is 14.8. The van der Waals surface area contributed by atoms with Gasteiger partial charge < -0.3 is 4.42 Å². The van der Waals surface area contributed by atoms with E-state index >= 15 is 0 Å². The molecule has 3 aromatic carbocycles. The van der Waals surface area contributed by atoms with E-state index in [0.717, 1.165) is 10.5 Å². The predicted octanol–water partition coefficient (Wildman–Crippen LogP) is 5.04. The van der Waals surface area contributed by atoms with Crippen LogP contribution < -0.4 is 0 Å². The third kappa shape index (κ3) is 2.61. The molecule has 1 aromatic heterocycles. The first-order valence-corrected chi connectivity index (χ1v) is 7.76. The molecule has 0 radical (unpaired) electrons. The lowest BCUT2D eigenvalue weighted by atomic mass is 10.1. The molecule has 0 aliphatic carbocycles. The molecule has 0 saturated carbocycles. The lowest BCUT2D eigenvalue weighted by Gasteiger charge is -2.00. The van der Waals surface area contributed by atoms with Crippen molar-refractivity contribution in [3.63, 3.8) is 0 Å². The average Bonchev–Trinajstić information content (AvgIpc) is 3.04. The molecule has 106 valence electrons. The smallest absolute Gasteiger partial charge is 0.281 e. The number of nitrogens with zero attached hydrogens (tertiary/aromatic N) is 2. The second-order valence-electron chi connectivity index (χ2n) is 4.85. The van der Waals surface area contributed by atoms with Crippen molar-refractivity contribution in [1.29, 1.82) is 0 Å². The van der Waals surface area contributed by atoms with Crippen LogP contribution in [0.25, 0.3) is 22.2 Å². The van der Waals surface area contributed by atoms with Gasteiger partial charge in [0.1, 0.15) is 0 Å². The van der Waals surface area contributed by atoms with Gasteiger partial charge in [-0.15, -0.1) is 10.2 Å². The zero-order valence-electron chi connectivity index (χ0n) is 11.6. The van der Waals surface area contributed by atoms with Crippen molar-refractivity contribution in [2.45, 2.75) is 10.1 Å². The van der Waals surface area contributed by atoms with Gasteiger partial charge in [-0.2, -0.15) is 0 Å². The summed E-state index contributed by atoms with van der Waals surface area (Å²) in [5.74, 6) is 0.545. The van der Waals surface area contributed by atoms with E-state index in [2.05, 4.69) is 40.5 Å². The van der Waals surface area contributed by atoms with Gasteiger partial charge in [0.25, 0.3) is 5.22 Å². The van der Waals surface area contributed by atoms with Gasteiger partial charge in [0.05, 0.1) is 0 Å². The lowest BCUT2D eigenvalue weighted by Crippen LogP contribution is -1.76. The first-order valence-electron chi connectivity index (χ1n) is 6.94. The number of fused-ring (bicyclic) bond motifs is 1. The molecule has 0 bridgehead atoms. The van der Waals surface area contributed by atoms with Crippen molar-refractivity contribution in [3.8, 4) is 11.5 Å². The van der Waals surface area contributed by atoms with Gasteiger partial charge >= 0.3 is 0 Å². The van der Waals surface area contributed by atoms with Crippen LogP contribution >= 0.6 is 11.8 Å². The fourth-order valence-corrected chi connectivity index (χ4v) is 3.01. The average molecular weight is 304 g/mol. The van der Waals surface area contributed by atoms with Crippen molar-refractivity contribution < 1.29 is 4.42 Å². The summed E-state index contributed by atoms with van der Waals surface area (Å²) in [7, 11) is 0. The minimum Gasteiger partial charge on any atom is -0.411 e. The van der Waals surface area contributed by atoms with E-state index in [1.165, 1.54) is 22.5 Å². The summed E-state index contributed by atoms with van der Waals surface area (Å²) in [5.41, 5.74) is 0.931. The predicted molar refractivity (Wildman–Crippen MR) is 87.8 cm³/mol. The molecule has 22 heavy (non-hydrogen) atoms. The van der Waals surface area contributed by atoms with E-state index in [1.54, 1.807) is 0 Å². The van der Waals surface area contributed by atoms with Gasteiger partial charge in [-0.05, 0) is 46.8 Å². The monoisotopic (exact) mass is 304 g/mol. The fraction of sp³-hybridized carbons (Fsp3) is 0. The van der Waals surface area contributed by atoms with E-state index in [4.69, 9.17) is 4.42 Å². The number of hydrogen-bond donors (Lipinski definition) is 0. The third-order valence-corrected chi connectivity index (χ3v) is 4.18.